The molecule has 1 heterocycles. The summed E-state index contributed by atoms with van der Waals surface area (Å²) in [4.78, 5) is 3.18. The molecule has 0 fully saturated rings. The molecule has 1 aromatic heterocycles. The standard InChI is InChI=1S/C10H14BrF3N2S/c1-16(3-2-15-7-10(12,13)14)5-9-4-8(11)6-17-9/h4,6,15H,2-3,5,7H2,1H3. The molecule has 0 aliphatic rings. The fourth-order valence-corrected chi connectivity index (χ4v) is 2.81. The molecule has 0 radical (unpaired) electrons. The number of nitrogens with zero attached hydrogens (tertiary/aromatic N) is 1. The Morgan fingerprint density at radius 2 is 2.18 bits per heavy atom. The summed E-state index contributed by atoms with van der Waals surface area (Å²) >= 11 is 4.99. The van der Waals surface area contributed by atoms with Gasteiger partial charge in [-0.1, -0.05) is 0 Å². The van der Waals surface area contributed by atoms with Gasteiger partial charge in [0.15, 0.2) is 0 Å². The van der Waals surface area contributed by atoms with Gasteiger partial charge in [0.05, 0.1) is 6.54 Å². The van der Waals surface area contributed by atoms with E-state index in [0.717, 1.165) is 11.0 Å². The maximum absolute atomic E-state index is 11.9. The zero-order valence-electron chi connectivity index (χ0n) is 9.35. The Morgan fingerprint density at radius 3 is 2.71 bits per heavy atom. The van der Waals surface area contributed by atoms with Crippen molar-refractivity contribution in [3.8, 4) is 0 Å². The fraction of sp³-hybridized carbons (Fsp3) is 0.600. The van der Waals surface area contributed by atoms with Crippen LogP contribution in [-0.2, 0) is 6.54 Å². The van der Waals surface area contributed by atoms with Crippen molar-refractivity contribution >= 4 is 27.3 Å². The Bertz CT molecular complexity index is 341. The first-order valence-corrected chi connectivity index (χ1v) is 6.73. The van der Waals surface area contributed by atoms with Gasteiger partial charge in [0.2, 0.25) is 0 Å². The molecule has 0 aromatic carbocycles. The summed E-state index contributed by atoms with van der Waals surface area (Å²) < 4.78 is 36.6. The highest BCUT2D eigenvalue weighted by atomic mass is 79.9. The van der Waals surface area contributed by atoms with Crippen LogP contribution in [0.15, 0.2) is 15.9 Å². The number of likely N-dealkylation sites (N-methyl/N-ethyl adjacent to an activating group) is 1. The minimum atomic E-state index is -4.13. The lowest BCUT2D eigenvalue weighted by atomic mass is 10.4. The Kier molecular flexibility index (Phi) is 5.91. The Balaban J connectivity index is 2.15. The van der Waals surface area contributed by atoms with E-state index < -0.39 is 12.7 Å². The predicted octanol–water partition coefficient (Wildman–Crippen LogP) is 3.09. The average Bonchev–Trinajstić information content (AvgIpc) is 2.57. The second kappa shape index (κ2) is 6.72. The number of hydrogen-bond acceptors (Lipinski definition) is 3. The summed E-state index contributed by atoms with van der Waals surface area (Å²) in [6.07, 6.45) is -4.13. The first kappa shape index (κ1) is 14.9. The second-order valence-electron chi connectivity index (χ2n) is 3.76. The van der Waals surface area contributed by atoms with Gasteiger partial charge in [0.25, 0.3) is 0 Å². The monoisotopic (exact) mass is 330 g/mol. The molecule has 1 N–H and O–H groups in total. The van der Waals surface area contributed by atoms with Crippen LogP contribution in [0.4, 0.5) is 13.2 Å². The van der Waals surface area contributed by atoms with Gasteiger partial charge in [-0.25, -0.2) is 0 Å². The Labute approximate surface area is 111 Å². The van der Waals surface area contributed by atoms with Gasteiger partial charge >= 0.3 is 6.18 Å². The number of nitrogens with one attached hydrogen (secondary N) is 1. The smallest absolute Gasteiger partial charge is 0.307 e. The second-order valence-corrected chi connectivity index (χ2v) is 5.67. The molecule has 0 spiro atoms. The topological polar surface area (TPSA) is 15.3 Å². The largest absolute Gasteiger partial charge is 0.401 e. The molecule has 0 amide bonds. The van der Waals surface area contributed by atoms with Crippen LogP contribution in [0.25, 0.3) is 0 Å². The van der Waals surface area contributed by atoms with Gasteiger partial charge in [0, 0.05) is 34.4 Å². The van der Waals surface area contributed by atoms with E-state index in [0.29, 0.717) is 13.1 Å². The van der Waals surface area contributed by atoms with Crippen LogP contribution in [0.5, 0.6) is 0 Å². The minimum Gasteiger partial charge on any atom is -0.307 e. The van der Waals surface area contributed by atoms with Gasteiger partial charge in [-0.15, -0.1) is 11.3 Å². The lowest BCUT2D eigenvalue weighted by molar-refractivity contribution is -0.124. The first-order chi connectivity index (χ1) is 7.87. The van der Waals surface area contributed by atoms with E-state index in [9.17, 15) is 13.2 Å². The van der Waals surface area contributed by atoms with Crippen molar-refractivity contribution in [3.63, 3.8) is 0 Å². The number of hydrogen-bond donors (Lipinski definition) is 1. The van der Waals surface area contributed by atoms with Crippen LogP contribution in [0.1, 0.15) is 4.88 Å². The van der Waals surface area contributed by atoms with Crippen LogP contribution >= 0.6 is 27.3 Å². The number of halogens is 4. The summed E-state index contributed by atoms with van der Waals surface area (Å²) in [5, 5.41) is 4.37. The highest BCUT2D eigenvalue weighted by molar-refractivity contribution is 9.10. The summed E-state index contributed by atoms with van der Waals surface area (Å²) in [6, 6.07) is 2.02. The van der Waals surface area contributed by atoms with E-state index in [1.54, 1.807) is 11.3 Å². The molecule has 0 saturated carbocycles. The van der Waals surface area contributed by atoms with Crippen molar-refractivity contribution in [3.05, 3.63) is 20.8 Å². The average molecular weight is 331 g/mol. The quantitative estimate of drug-likeness (QED) is 0.806. The summed E-state index contributed by atoms with van der Waals surface area (Å²) in [6.45, 7) is 0.753. The number of thiophene rings is 1. The van der Waals surface area contributed by atoms with Crippen molar-refractivity contribution in [2.75, 3.05) is 26.7 Å². The third-order valence-corrected chi connectivity index (χ3v) is 3.73. The number of rotatable bonds is 6. The van der Waals surface area contributed by atoms with Crippen LogP contribution in [-0.4, -0.2) is 37.8 Å². The van der Waals surface area contributed by atoms with Crippen molar-refractivity contribution < 1.29 is 13.2 Å². The summed E-state index contributed by atoms with van der Waals surface area (Å²) in [7, 11) is 1.89. The van der Waals surface area contributed by atoms with Crippen molar-refractivity contribution in [2.24, 2.45) is 0 Å². The Morgan fingerprint density at radius 1 is 1.47 bits per heavy atom. The minimum absolute atomic E-state index is 0.336. The van der Waals surface area contributed by atoms with E-state index in [1.165, 1.54) is 4.88 Å². The van der Waals surface area contributed by atoms with Crippen LogP contribution in [0, 0.1) is 0 Å². The van der Waals surface area contributed by atoms with E-state index >= 15 is 0 Å². The zero-order valence-corrected chi connectivity index (χ0v) is 11.8. The lowest BCUT2D eigenvalue weighted by Gasteiger charge is -2.16. The van der Waals surface area contributed by atoms with Crippen molar-refractivity contribution in [1.82, 2.24) is 10.2 Å². The summed E-state index contributed by atoms with van der Waals surface area (Å²) in [5.74, 6) is 0. The molecule has 17 heavy (non-hydrogen) atoms. The normalized spacial score (nSPS) is 12.4. The molecule has 0 atom stereocenters. The van der Waals surface area contributed by atoms with Gasteiger partial charge in [-0.3, -0.25) is 0 Å². The SMILES string of the molecule is CN(CCNCC(F)(F)F)Cc1cc(Br)cs1. The van der Waals surface area contributed by atoms with E-state index in [1.807, 2.05) is 23.4 Å². The van der Waals surface area contributed by atoms with Crippen molar-refractivity contribution in [1.29, 1.82) is 0 Å². The Hall–Kier alpha value is -0.110. The first-order valence-electron chi connectivity index (χ1n) is 5.06. The van der Waals surface area contributed by atoms with E-state index in [-0.39, 0.29) is 0 Å². The maximum atomic E-state index is 11.9. The molecule has 0 bridgehead atoms. The van der Waals surface area contributed by atoms with E-state index in [2.05, 4.69) is 21.2 Å². The molecule has 2 nitrogen and oxygen atoms in total. The highest BCUT2D eigenvalue weighted by Crippen LogP contribution is 2.20. The highest BCUT2D eigenvalue weighted by Gasteiger charge is 2.25. The predicted molar refractivity (Wildman–Crippen MR) is 67.3 cm³/mol. The zero-order chi connectivity index (χ0) is 12.9. The molecular weight excluding hydrogens is 317 g/mol. The van der Waals surface area contributed by atoms with Crippen molar-refractivity contribution in [2.45, 2.75) is 12.7 Å². The van der Waals surface area contributed by atoms with Crippen LogP contribution < -0.4 is 5.32 Å². The molecule has 1 rings (SSSR count). The fourth-order valence-electron chi connectivity index (χ4n) is 1.28. The lowest BCUT2D eigenvalue weighted by Crippen LogP contribution is -2.34. The van der Waals surface area contributed by atoms with Crippen LogP contribution in [0.3, 0.4) is 0 Å². The molecule has 1 aromatic rings. The maximum Gasteiger partial charge on any atom is 0.401 e. The van der Waals surface area contributed by atoms with Gasteiger partial charge in [0.1, 0.15) is 0 Å². The molecule has 98 valence electrons. The third kappa shape index (κ3) is 7.03. The van der Waals surface area contributed by atoms with Crippen LogP contribution in [0.2, 0.25) is 0 Å². The van der Waals surface area contributed by atoms with E-state index in [4.69, 9.17) is 0 Å². The van der Waals surface area contributed by atoms with Gasteiger partial charge in [-0.05, 0) is 29.0 Å². The molecular formula is C10H14BrF3N2S. The molecule has 0 aliphatic carbocycles. The molecule has 0 aliphatic heterocycles. The molecule has 0 saturated heterocycles. The molecule has 7 heteroatoms. The summed E-state index contributed by atoms with van der Waals surface area (Å²) in [5.41, 5.74) is 0. The molecule has 0 unspecified atom stereocenters. The van der Waals surface area contributed by atoms with Gasteiger partial charge < -0.3 is 10.2 Å². The number of alkyl halides is 3. The van der Waals surface area contributed by atoms with Gasteiger partial charge in [-0.2, -0.15) is 13.2 Å². The third-order valence-electron chi connectivity index (χ3n) is 2.04.